The lowest BCUT2D eigenvalue weighted by Gasteiger charge is -2.32. The van der Waals surface area contributed by atoms with Gasteiger partial charge in [0.2, 0.25) is 0 Å². The van der Waals surface area contributed by atoms with Gasteiger partial charge in [-0.2, -0.15) is 0 Å². The molecule has 2 aromatic rings. The van der Waals surface area contributed by atoms with Gasteiger partial charge in [0, 0.05) is 38.2 Å². The number of aryl methyl sites for hydroxylation is 2. The van der Waals surface area contributed by atoms with Crippen molar-refractivity contribution in [3.63, 3.8) is 0 Å². The van der Waals surface area contributed by atoms with E-state index in [-0.39, 0.29) is 12.0 Å². The maximum atomic E-state index is 12.7. The van der Waals surface area contributed by atoms with Crippen LogP contribution < -0.4 is 4.90 Å². The van der Waals surface area contributed by atoms with Crippen LogP contribution in [0.1, 0.15) is 33.7 Å². The molecule has 3 heterocycles. The van der Waals surface area contributed by atoms with Crippen LogP contribution in [-0.2, 0) is 4.74 Å². The minimum Gasteiger partial charge on any atom is -0.378 e. The Kier molecular flexibility index (Phi) is 4.94. The Morgan fingerprint density at radius 1 is 1.20 bits per heavy atom. The predicted molar refractivity (Wildman–Crippen MR) is 94.7 cm³/mol. The topological polar surface area (TPSA) is 71.5 Å². The first-order chi connectivity index (χ1) is 11.9. The normalized spacial score (nSPS) is 17.4. The van der Waals surface area contributed by atoms with E-state index in [1.165, 1.54) is 6.20 Å². The molecule has 0 aromatic carbocycles. The van der Waals surface area contributed by atoms with Gasteiger partial charge in [-0.15, -0.1) is 0 Å². The van der Waals surface area contributed by atoms with Crippen LogP contribution in [0.5, 0.6) is 0 Å². The number of carbonyl (C=O) groups excluding carboxylic acids is 1. The highest BCUT2D eigenvalue weighted by Crippen LogP contribution is 2.25. The van der Waals surface area contributed by atoms with E-state index in [2.05, 4.69) is 15.0 Å². The number of ether oxygens (including phenoxy) is 1. The van der Waals surface area contributed by atoms with Crippen molar-refractivity contribution >= 4 is 11.6 Å². The second kappa shape index (κ2) is 7.14. The third kappa shape index (κ3) is 3.93. The predicted octanol–water partition coefficient (Wildman–Crippen LogP) is 1.77. The van der Waals surface area contributed by atoms with Crippen molar-refractivity contribution in [2.24, 2.45) is 0 Å². The van der Waals surface area contributed by atoms with Crippen LogP contribution in [0.2, 0.25) is 0 Å². The molecule has 1 fully saturated rings. The van der Waals surface area contributed by atoms with Crippen molar-refractivity contribution in [2.75, 3.05) is 38.7 Å². The lowest BCUT2D eigenvalue weighted by molar-refractivity contribution is -0.0249. The Hall–Kier alpha value is -2.54. The van der Waals surface area contributed by atoms with E-state index < -0.39 is 0 Å². The van der Waals surface area contributed by atoms with Gasteiger partial charge >= 0.3 is 0 Å². The number of nitrogens with zero attached hydrogens (tertiary/aromatic N) is 5. The van der Waals surface area contributed by atoms with Crippen LogP contribution in [0.25, 0.3) is 0 Å². The van der Waals surface area contributed by atoms with Gasteiger partial charge < -0.3 is 14.5 Å². The highest BCUT2D eigenvalue weighted by molar-refractivity contribution is 5.92. The molecule has 0 bridgehead atoms. The smallest absolute Gasteiger partial charge is 0.274 e. The zero-order chi connectivity index (χ0) is 18.0. The first kappa shape index (κ1) is 17.3. The van der Waals surface area contributed by atoms with Gasteiger partial charge in [0.25, 0.3) is 5.91 Å². The van der Waals surface area contributed by atoms with Gasteiger partial charge in [-0.3, -0.25) is 14.8 Å². The fourth-order valence-electron chi connectivity index (χ4n) is 2.78. The highest BCUT2D eigenvalue weighted by Gasteiger charge is 2.28. The standard InChI is InChI=1S/C18H23N5O2/c1-12-7-14(22(3)4)8-15(21-12)17-11-23(5-6-25-17)18(24)16-10-19-13(2)9-20-16/h7-10,17H,5-6,11H2,1-4H3/t17-/m0/s1. The average molecular weight is 341 g/mol. The average Bonchev–Trinajstić information content (AvgIpc) is 2.61. The third-order valence-electron chi connectivity index (χ3n) is 4.16. The Balaban J connectivity index is 1.79. The van der Waals surface area contributed by atoms with Crippen molar-refractivity contribution in [3.8, 4) is 0 Å². The first-order valence-electron chi connectivity index (χ1n) is 8.29. The molecule has 132 valence electrons. The Bertz CT molecular complexity index is 761. The molecule has 2 aromatic heterocycles. The summed E-state index contributed by atoms with van der Waals surface area (Å²) in [5.41, 5.74) is 3.99. The number of morpholine rings is 1. The highest BCUT2D eigenvalue weighted by atomic mass is 16.5. The van der Waals surface area contributed by atoms with Gasteiger partial charge in [0.05, 0.1) is 30.7 Å². The van der Waals surface area contributed by atoms with E-state index in [0.29, 0.717) is 25.4 Å². The van der Waals surface area contributed by atoms with Crippen molar-refractivity contribution in [1.82, 2.24) is 19.9 Å². The van der Waals surface area contributed by atoms with Crippen molar-refractivity contribution in [2.45, 2.75) is 20.0 Å². The second-order valence-corrected chi connectivity index (χ2v) is 6.44. The van der Waals surface area contributed by atoms with Crippen LogP contribution in [-0.4, -0.2) is 59.6 Å². The van der Waals surface area contributed by atoms with E-state index in [1.807, 2.05) is 45.0 Å². The molecular weight excluding hydrogens is 318 g/mol. The summed E-state index contributed by atoms with van der Waals surface area (Å²) < 4.78 is 5.88. The number of amides is 1. The van der Waals surface area contributed by atoms with E-state index in [9.17, 15) is 4.79 Å². The molecule has 1 atom stereocenters. The van der Waals surface area contributed by atoms with Crippen LogP contribution in [0.4, 0.5) is 5.69 Å². The summed E-state index contributed by atoms with van der Waals surface area (Å²) in [7, 11) is 3.98. The van der Waals surface area contributed by atoms with E-state index >= 15 is 0 Å². The van der Waals surface area contributed by atoms with Crippen molar-refractivity contribution < 1.29 is 9.53 Å². The lowest BCUT2D eigenvalue weighted by Crippen LogP contribution is -2.42. The zero-order valence-electron chi connectivity index (χ0n) is 15.1. The molecule has 1 aliphatic rings. The third-order valence-corrected chi connectivity index (χ3v) is 4.16. The molecule has 0 aliphatic carbocycles. The summed E-state index contributed by atoms with van der Waals surface area (Å²) in [6.07, 6.45) is 2.89. The summed E-state index contributed by atoms with van der Waals surface area (Å²) in [4.78, 5) is 29.4. The number of carbonyl (C=O) groups is 1. The molecule has 1 saturated heterocycles. The summed E-state index contributed by atoms with van der Waals surface area (Å²) in [6, 6.07) is 4.04. The van der Waals surface area contributed by atoms with Gasteiger partial charge in [-0.25, -0.2) is 4.98 Å². The van der Waals surface area contributed by atoms with Gasteiger partial charge in [0.15, 0.2) is 0 Å². The summed E-state index contributed by atoms with van der Waals surface area (Å²) >= 11 is 0. The molecule has 0 unspecified atom stereocenters. The molecule has 0 radical (unpaired) electrons. The van der Waals surface area contributed by atoms with E-state index in [1.54, 1.807) is 11.1 Å². The molecule has 3 rings (SSSR count). The molecule has 0 saturated carbocycles. The lowest BCUT2D eigenvalue weighted by atomic mass is 10.1. The fraction of sp³-hybridized carbons (Fsp3) is 0.444. The Morgan fingerprint density at radius 3 is 2.68 bits per heavy atom. The quantitative estimate of drug-likeness (QED) is 0.847. The Morgan fingerprint density at radius 2 is 2.00 bits per heavy atom. The Labute approximate surface area is 147 Å². The van der Waals surface area contributed by atoms with Gasteiger partial charge in [-0.1, -0.05) is 0 Å². The minimum absolute atomic E-state index is 0.124. The van der Waals surface area contributed by atoms with Crippen LogP contribution in [0, 0.1) is 13.8 Å². The molecule has 0 N–H and O–H groups in total. The van der Waals surface area contributed by atoms with Crippen molar-refractivity contribution in [3.05, 3.63) is 47.3 Å². The molecule has 1 amide bonds. The number of pyridine rings is 1. The van der Waals surface area contributed by atoms with Crippen LogP contribution >= 0.6 is 0 Å². The summed E-state index contributed by atoms with van der Waals surface area (Å²) in [5.74, 6) is -0.124. The van der Waals surface area contributed by atoms with E-state index in [0.717, 1.165) is 22.8 Å². The summed E-state index contributed by atoms with van der Waals surface area (Å²) in [5, 5.41) is 0. The maximum Gasteiger partial charge on any atom is 0.274 e. The number of anilines is 1. The van der Waals surface area contributed by atoms with Gasteiger partial charge in [-0.05, 0) is 26.0 Å². The number of rotatable bonds is 3. The monoisotopic (exact) mass is 341 g/mol. The SMILES string of the molecule is Cc1cnc(C(=O)N2CCO[C@H](c3cc(N(C)C)cc(C)n3)C2)cn1. The van der Waals surface area contributed by atoms with Crippen LogP contribution in [0.3, 0.4) is 0 Å². The zero-order valence-corrected chi connectivity index (χ0v) is 15.1. The minimum atomic E-state index is -0.241. The maximum absolute atomic E-state index is 12.7. The fourth-order valence-corrected chi connectivity index (χ4v) is 2.78. The molecule has 0 spiro atoms. The molecular formula is C18H23N5O2. The first-order valence-corrected chi connectivity index (χ1v) is 8.29. The number of hydrogen-bond acceptors (Lipinski definition) is 6. The van der Waals surface area contributed by atoms with E-state index in [4.69, 9.17) is 4.74 Å². The number of hydrogen-bond donors (Lipinski definition) is 0. The molecule has 7 heteroatoms. The summed E-state index contributed by atoms with van der Waals surface area (Å²) in [6.45, 7) is 5.28. The largest absolute Gasteiger partial charge is 0.378 e. The van der Waals surface area contributed by atoms with Crippen LogP contribution in [0.15, 0.2) is 24.5 Å². The van der Waals surface area contributed by atoms with Crippen molar-refractivity contribution in [1.29, 1.82) is 0 Å². The molecule has 7 nitrogen and oxygen atoms in total. The second-order valence-electron chi connectivity index (χ2n) is 6.44. The molecule has 25 heavy (non-hydrogen) atoms. The number of aromatic nitrogens is 3. The van der Waals surface area contributed by atoms with Gasteiger partial charge in [0.1, 0.15) is 11.8 Å². The molecule has 1 aliphatic heterocycles.